The highest BCUT2D eigenvalue weighted by atomic mass is 127. The van der Waals surface area contributed by atoms with Crippen LogP contribution >= 0.6 is 24.0 Å². The van der Waals surface area contributed by atoms with Gasteiger partial charge in [0.15, 0.2) is 5.96 Å². The quantitative estimate of drug-likeness (QED) is 0.402. The first-order valence-electron chi connectivity index (χ1n) is 7.65. The molecule has 5 heteroatoms. The molecule has 0 aromatic heterocycles. The van der Waals surface area contributed by atoms with E-state index in [0.717, 1.165) is 30.6 Å². The monoisotopic (exact) mass is 419 g/mol. The Balaban J connectivity index is 0.00000441. The van der Waals surface area contributed by atoms with Gasteiger partial charge in [0.25, 0.3) is 0 Å². The van der Waals surface area contributed by atoms with E-state index in [4.69, 9.17) is 4.74 Å². The van der Waals surface area contributed by atoms with Gasteiger partial charge < -0.3 is 15.4 Å². The average Bonchev–Trinajstić information content (AvgIpc) is 2.49. The van der Waals surface area contributed by atoms with Crippen molar-refractivity contribution in [3.05, 3.63) is 29.8 Å². The highest BCUT2D eigenvalue weighted by Gasteiger charge is 2.06. The fraction of sp³-hybridized carbons (Fsp3) is 0.588. The number of aliphatic imine (C=N–C) groups is 1. The summed E-state index contributed by atoms with van der Waals surface area (Å²) in [6, 6.07) is 8.47. The number of benzene rings is 1. The van der Waals surface area contributed by atoms with Gasteiger partial charge in [0, 0.05) is 19.6 Å². The van der Waals surface area contributed by atoms with Gasteiger partial charge in [0.05, 0.1) is 7.11 Å². The number of nitrogens with zero attached hydrogens (tertiary/aromatic N) is 1. The predicted molar refractivity (Wildman–Crippen MR) is 105 cm³/mol. The van der Waals surface area contributed by atoms with Crippen molar-refractivity contribution in [2.75, 3.05) is 14.2 Å². The van der Waals surface area contributed by atoms with E-state index in [1.807, 2.05) is 18.2 Å². The zero-order valence-electron chi connectivity index (χ0n) is 14.3. The smallest absolute Gasteiger partial charge is 0.191 e. The van der Waals surface area contributed by atoms with Crippen LogP contribution in [0.4, 0.5) is 0 Å². The Morgan fingerprint density at radius 2 is 1.95 bits per heavy atom. The molecule has 0 saturated carbocycles. The molecule has 0 aliphatic rings. The topological polar surface area (TPSA) is 45.7 Å². The summed E-state index contributed by atoms with van der Waals surface area (Å²) in [6.45, 7) is 7.43. The van der Waals surface area contributed by atoms with Crippen molar-refractivity contribution in [3.63, 3.8) is 0 Å². The molecule has 0 bridgehead atoms. The fourth-order valence-corrected chi connectivity index (χ4v) is 2.05. The van der Waals surface area contributed by atoms with Crippen LogP contribution in [0.1, 0.15) is 39.2 Å². The molecular weight excluding hydrogens is 389 g/mol. The Kier molecular flexibility index (Phi) is 11.1. The summed E-state index contributed by atoms with van der Waals surface area (Å²) >= 11 is 0. The molecule has 0 fully saturated rings. The Hall–Kier alpha value is -0.980. The SMILES string of the molecule is CN=C(NCc1cccc(OC)c1)NC(C)CCC(C)C.I. The Morgan fingerprint density at radius 1 is 1.23 bits per heavy atom. The van der Waals surface area contributed by atoms with Crippen LogP contribution in [0.3, 0.4) is 0 Å². The largest absolute Gasteiger partial charge is 0.497 e. The number of methoxy groups -OCH3 is 1. The molecule has 1 atom stereocenters. The van der Waals surface area contributed by atoms with E-state index in [-0.39, 0.29) is 24.0 Å². The van der Waals surface area contributed by atoms with Gasteiger partial charge >= 0.3 is 0 Å². The fourth-order valence-electron chi connectivity index (χ4n) is 2.05. The summed E-state index contributed by atoms with van der Waals surface area (Å²) in [5.41, 5.74) is 1.17. The van der Waals surface area contributed by atoms with Crippen molar-refractivity contribution in [1.29, 1.82) is 0 Å². The van der Waals surface area contributed by atoms with Crippen LogP contribution in [0.25, 0.3) is 0 Å². The minimum atomic E-state index is 0. The molecule has 126 valence electrons. The van der Waals surface area contributed by atoms with Gasteiger partial charge in [-0.3, -0.25) is 4.99 Å². The molecule has 0 saturated heterocycles. The molecule has 1 aromatic rings. The second-order valence-electron chi connectivity index (χ2n) is 5.79. The molecular formula is C17H30IN3O. The Labute approximate surface area is 152 Å². The zero-order valence-corrected chi connectivity index (χ0v) is 16.7. The van der Waals surface area contributed by atoms with E-state index < -0.39 is 0 Å². The predicted octanol–water partition coefficient (Wildman–Crippen LogP) is 3.80. The van der Waals surface area contributed by atoms with Crippen molar-refractivity contribution in [2.45, 2.75) is 46.2 Å². The van der Waals surface area contributed by atoms with E-state index >= 15 is 0 Å². The van der Waals surface area contributed by atoms with Crippen molar-refractivity contribution in [2.24, 2.45) is 10.9 Å². The summed E-state index contributed by atoms with van der Waals surface area (Å²) in [7, 11) is 3.49. The van der Waals surface area contributed by atoms with Gasteiger partial charge in [0.2, 0.25) is 0 Å². The third-order valence-electron chi connectivity index (χ3n) is 3.38. The second-order valence-corrected chi connectivity index (χ2v) is 5.79. The van der Waals surface area contributed by atoms with E-state index in [1.165, 1.54) is 12.0 Å². The van der Waals surface area contributed by atoms with Crippen LogP contribution in [0.15, 0.2) is 29.3 Å². The van der Waals surface area contributed by atoms with Crippen LogP contribution in [0, 0.1) is 5.92 Å². The zero-order chi connectivity index (χ0) is 15.7. The maximum Gasteiger partial charge on any atom is 0.191 e. The van der Waals surface area contributed by atoms with E-state index in [0.29, 0.717) is 6.04 Å². The number of ether oxygens (including phenoxy) is 1. The summed E-state index contributed by atoms with van der Waals surface area (Å²) in [6.07, 6.45) is 2.37. The van der Waals surface area contributed by atoms with Crippen LogP contribution in [0.5, 0.6) is 5.75 Å². The minimum Gasteiger partial charge on any atom is -0.497 e. The average molecular weight is 419 g/mol. The van der Waals surface area contributed by atoms with E-state index in [2.05, 4.69) is 42.5 Å². The number of guanidine groups is 1. The lowest BCUT2D eigenvalue weighted by molar-refractivity contribution is 0.414. The third kappa shape index (κ3) is 8.46. The molecule has 0 aliphatic heterocycles. The lowest BCUT2D eigenvalue weighted by atomic mass is 10.0. The summed E-state index contributed by atoms with van der Waals surface area (Å²) in [5.74, 6) is 2.46. The summed E-state index contributed by atoms with van der Waals surface area (Å²) < 4.78 is 5.23. The first kappa shape index (κ1) is 21.0. The first-order chi connectivity index (χ1) is 10.0. The third-order valence-corrected chi connectivity index (χ3v) is 3.38. The molecule has 0 amide bonds. The van der Waals surface area contributed by atoms with Crippen LogP contribution in [-0.4, -0.2) is 26.2 Å². The molecule has 1 rings (SSSR count). The normalized spacial score (nSPS) is 12.5. The van der Waals surface area contributed by atoms with Gasteiger partial charge in [-0.15, -0.1) is 24.0 Å². The van der Waals surface area contributed by atoms with Gasteiger partial charge in [-0.2, -0.15) is 0 Å². The molecule has 22 heavy (non-hydrogen) atoms. The van der Waals surface area contributed by atoms with E-state index in [9.17, 15) is 0 Å². The van der Waals surface area contributed by atoms with Crippen molar-refractivity contribution < 1.29 is 4.74 Å². The van der Waals surface area contributed by atoms with Crippen molar-refractivity contribution in [3.8, 4) is 5.75 Å². The Morgan fingerprint density at radius 3 is 2.55 bits per heavy atom. The minimum absolute atomic E-state index is 0. The lowest BCUT2D eigenvalue weighted by Gasteiger charge is -2.18. The van der Waals surface area contributed by atoms with Gasteiger partial charge in [-0.1, -0.05) is 26.0 Å². The van der Waals surface area contributed by atoms with Crippen LogP contribution in [0.2, 0.25) is 0 Å². The summed E-state index contributed by atoms with van der Waals surface area (Å²) in [4.78, 5) is 4.28. The summed E-state index contributed by atoms with van der Waals surface area (Å²) in [5, 5.41) is 6.77. The first-order valence-corrected chi connectivity index (χ1v) is 7.65. The molecule has 0 aliphatic carbocycles. The van der Waals surface area contributed by atoms with Crippen molar-refractivity contribution in [1.82, 2.24) is 10.6 Å². The molecule has 2 N–H and O–H groups in total. The molecule has 1 aromatic carbocycles. The van der Waals surface area contributed by atoms with Crippen molar-refractivity contribution >= 4 is 29.9 Å². The molecule has 1 unspecified atom stereocenters. The van der Waals surface area contributed by atoms with Gasteiger partial charge in [0.1, 0.15) is 5.75 Å². The number of rotatable bonds is 7. The molecule has 4 nitrogen and oxygen atoms in total. The highest BCUT2D eigenvalue weighted by Crippen LogP contribution is 2.12. The van der Waals surface area contributed by atoms with Gasteiger partial charge in [-0.05, 0) is 43.4 Å². The van der Waals surface area contributed by atoms with Crippen LogP contribution < -0.4 is 15.4 Å². The molecule has 0 spiro atoms. The molecule has 0 radical (unpaired) electrons. The Bertz CT molecular complexity index is 449. The van der Waals surface area contributed by atoms with E-state index in [1.54, 1.807) is 14.2 Å². The number of halogens is 1. The number of hydrogen-bond acceptors (Lipinski definition) is 2. The van der Waals surface area contributed by atoms with Gasteiger partial charge in [-0.25, -0.2) is 0 Å². The highest BCUT2D eigenvalue weighted by molar-refractivity contribution is 14.0. The number of hydrogen-bond donors (Lipinski definition) is 2. The number of nitrogens with one attached hydrogen (secondary N) is 2. The maximum absolute atomic E-state index is 5.23. The van der Waals surface area contributed by atoms with Crippen LogP contribution in [-0.2, 0) is 6.54 Å². The lowest BCUT2D eigenvalue weighted by Crippen LogP contribution is -2.41. The molecule has 0 heterocycles. The standard InChI is InChI=1S/C17H29N3O.HI/c1-13(2)9-10-14(3)20-17(18-4)19-12-15-7-6-8-16(11-15)21-5;/h6-8,11,13-14H,9-10,12H2,1-5H3,(H2,18,19,20);1H. The second kappa shape index (κ2) is 11.6. The maximum atomic E-state index is 5.23.